The quantitative estimate of drug-likeness (QED) is 0.735. The molecule has 0 saturated heterocycles. The molecule has 1 nitrogen and oxygen atoms in total. The molecule has 0 unspecified atom stereocenters. The Labute approximate surface area is 85.6 Å². The summed E-state index contributed by atoms with van der Waals surface area (Å²) in [5, 5.41) is 0. The Kier molecular flexibility index (Phi) is 2.41. The third-order valence-corrected chi connectivity index (χ3v) is 2.25. The van der Waals surface area contributed by atoms with Crippen molar-refractivity contribution in [3.63, 3.8) is 0 Å². The molecule has 2 aromatic rings. The lowest BCUT2D eigenvalue weighted by Gasteiger charge is -1.99. The molecule has 0 fully saturated rings. The molecule has 0 spiro atoms. The minimum atomic E-state index is 1.01. The van der Waals surface area contributed by atoms with Crippen LogP contribution in [-0.2, 0) is 0 Å². The molecule has 0 saturated carbocycles. The molecular formula is C11H8BrN. The van der Waals surface area contributed by atoms with Crippen molar-refractivity contribution in [2.75, 3.05) is 0 Å². The van der Waals surface area contributed by atoms with E-state index in [2.05, 4.69) is 39.1 Å². The number of nitrogens with zero attached hydrogens (tertiary/aromatic N) is 1. The van der Waals surface area contributed by atoms with Crippen LogP contribution in [0.1, 0.15) is 0 Å². The van der Waals surface area contributed by atoms with Gasteiger partial charge in [-0.1, -0.05) is 30.3 Å². The highest BCUT2D eigenvalue weighted by molar-refractivity contribution is 9.10. The lowest BCUT2D eigenvalue weighted by atomic mass is 10.1. The lowest BCUT2D eigenvalue weighted by molar-refractivity contribution is 1.31. The van der Waals surface area contributed by atoms with Gasteiger partial charge in [-0.15, -0.1) is 0 Å². The van der Waals surface area contributed by atoms with E-state index >= 15 is 0 Å². The van der Waals surface area contributed by atoms with E-state index < -0.39 is 0 Å². The monoisotopic (exact) mass is 233 g/mol. The summed E-state index contributed by atoms with van der Waals surface area (Å²) in [6.07, 6.45) is 3.65. The molecule has 0 aliphatic carbocycles. The first-order valence-corrected chi connectivity index (χ1v) is 4.81. The number of aromatic nitrogens is 1. The average Bonchev–Trinajstić information content (AvgIpc) is 2.19. The summed E-state index contributed by atoms with van der Waals surface area (Å²) in [6, 6.07) is 12.3. The van der Waals surface area contributed by atoms with Gasteiger partial charge in [-0.2, -0.15) is 0 Å². The number of hydrogen-bond acceptors (Lipinski definition) is 1. The molecule has 1 aromatic carbocycles. The van der Waals surface area contributed by atoms with E-state index in [1.807, 2.05) is 24.4 Å². The van der Waals surface area contributed by atoms with Gasteiger partial charge in [0.25, 0.3) is 0 Å². The van der Waals surface area contributed by atoms with E-state index in [0.29, 0.717) is 0 Å². The number of halogens is 1. The highest BCUT2D eigenvalue weighted by Crippen LogP contribution is 2.20. The first-order chi connectivity index (χ1) is 6.36. The third kappa shape index (κ3) is 1.95. The Bertz CT molecular complexity index is 398. The summed E-state index contributed by atoms with van der Waals surface area (Å²) in [4.78, 5) is 4.11. The fourth-order valence-electron chi connectivity index (χ4n) is 1.20. The first-order valence-electron chi connectivity index (χ1n) is 4.02. The van der Waals surface area contributed by atoms with Crippen molar-refractivity contribution in [2.45, 2.75) is 0 Å². The fraction of sp³-hybridized carbons (Fsp3) is 0. The van der Waals surface area contributed by atoms with Crippen LogP contribution in [-0.4, -0.2) is 4.98 Å². The van der Waals surface area contributed by atoms with E-state index in [0.717, 1.165) is 10.0 Å². The lowest BCUT2D eigenvalue weighted by Crippen LogP contribution is -1.78. The SMILES string of the molecule is Brc1cncc(-c2ccccc2)c1. The van der Waals surface area contributed by atoms with Crippen molar-refractivity contribution in [3.05, 3.63) is 53.3 Å². The maximum absolute atomic E-state index is 4.11. The van der Waals surface area contributed by atoms with Crippen molar-refractivity contribution in [3.8, 4) is 11.1 Å². The van der Waals surface area contributed by atoms with Crippen molar-refractivity contribution in [2.24, 2.45) is 0 Å². The van der Waals surface area contributed by atoms with Crippen LogP contribution in [0.4, 0.5) is 0 Å². The molecule has 64 valence electrons. The van der Waals surface area contributed by atoms with Crippen LogP contribution in [0, 0.1) is 0 Å². The first kappa shape index (κ1) is 8.45. The molecule has 0 bridgehead atoms. The smallest absolute Gasteiger partial charge is 0.0410 e. The second-order valence-electron chi connectivity index (χ2n) is 2.76. The van der Waals surface area contributed by atoms with E-state index in [-0.39, 0.29) is 0 Å². The van der Waals surface area contributed by atoms with Crippen LogP contribution in [0.15, 0.2) is 53.3 Å². The van der Waals surface area contributed by atoms with E-state index in [1.165, 1.54) is 5.56 Å². The molecule has 1 heterocycles. The van der Waals surface area contributed by atoms with Gasteiger partial charge in [0.05, 0.1) is 0 Å². The largest absolute Gasteiger partial charge is 0.263 e. The normalized spacial score (nSPS) is 9.92. The maximum atomic E-state index is 4.11. The zero-order valence-electron chi connectivity index (χ0n) is 6.94. The van der Waals surface area contributed by atoms with Gasteiger partial charge in [-0.3, -0.25) is 4.98 Å². The van der Waals surface area contributed by atoms with Crippen LogP contribution in [0.2, 0.25) is 0 Å². The highest BCUT2D eigenvalue weighted by atomic mass is 79.9. The van der Waals surface area contributed by atoms with Crippen LogP contribution >= 0.6 is 15.9 Å². The Morgan fingerprint density at radius 3 is 2.38 bits per heavy atom. The predicted octanol–water partition coefficient (Wildman–Crippen LogP) is 3.51. The van der Waals surface area contributed by atoms with Crippen LogP contribution in [0.25, 0.3) is 11.1 Å². The van der Waals surface area contributed by atoms with Gasteiger partial charge >= 0.3 is 0 Å². The molecule has 0 radical (unpaired) electrons. The molecule has 0 aliphatic heterocycles. The topological polar surface area (TPSA) is 12.9 Å². The number of benzene rings is 1. The van der Waals surface area contributed by atoms with Gasteiger partial charge < -0.3 is 0 Å². The van der Waals surface area contributed by atoms with Crippen LogP contribution in [0.3, 0.4) is 0 Å². The molecular weight excluding hydrogens is 226 g/mol. The summed E-state index contributed by atoms with van der Waals surface area (Å²) in [7, 11) is 0. The minimum absolute atomic E-state index is 1.01. The van der Waals surface area contributed by atoms with E-state index in [9.17, 15) is 0 Å². The molecule has 0 aliphatic rings. The molecule has 13 heavy (non-hydrogen) atoms. The zero-order valence-corrected chi connectivity index (χ0v) is 8.53. The molecule has 0 N–H and O–H groups in total. The van der Waals surface area contributed by atoms with E-state index in [1.54, 1.807) is 6.20 Å². The van der Waals surface area contributed by atoms with Gasteiger partial charge in [0, 0.05) is 22.4 Å². The number of rotatable bonds is 1. The van der Waals surface area contributed by atoms with Crippen molar-refractivity contribution >= 4 is 15.9 Å². The second kappa shape index (κ2) is 3.71. The molecule has 2 rings (SSSR count). The van der Waals surface area contributed by atoms with Crippen LogP contribution in [0.5, 0.6) is 0 Å². The standard InChI is InChI=1S/C11H8BrN/c12-11-6-10(7-13-8-11)9-4-2-1-3-5-9/h1-8H. The molecule has 0 atom stereocenters. The number of hydrogen-bond donors (Lipinski definition) is 0. The van der Waals surface area contributed by atoms with Gasteiger partial charge in [0.2, 0.25) is 0 Å². The Morgan fingerprint density at radius 1 is 0.923 bits per heavy atom. The average molecular weight is 234 g/mol. The van der Waals surface area contributed by atoms with E-state index in [4.69, 9.17) is 0 Å². The maximum Gasteiger partial charge on any atom is 0.0410 e. The van der Waals surface area contributed by atoms with Crippen molar-refractivity contribution in [1.29, 1.82) is 0 Å². The van der Waals surface area contributed by atoms with Crippen molar-refractivity contribution in [1.82, 2.24) is 4.98 Å². The van der Waals surface area contributed by atoms with Gasteiger partial charge in [0.15, 0.2) is 0 Å². The Balaban J connectivity index is 2.48. The zero-order chi connectivity index (χ0) is 9.10. The van der Waals surface area contributed by atoms with Gasteiger partial charge in [0.1, 0.15) is 0 Å². The summed E-state index contributed by atoms with van der Waals surface area (Å²) >= 11 is 3.40. The Morgan fingerprint density at radius 2 is 1.69 bits per heavy atom. The van der Waals surface area contributed by atoms with Gasteiger partial charge in [-0.05, 0) is 27.6 Å². The summed E-state index contributed by atoms with van der Waals surface area (Å²) < 4.78 is 1.01. The highest BCUT2D eigenvalue weighted by Gasteiger charge is 1.96. The third-order valence-electron chi connectivity index (χ3n) is 1.81. The van der Waals surface area contributed by atoms with Crippen LogP contribution < -0.4 is 0 Å². The molecule has 1 aromatic heterocycles. The second-order valence-corrected chi connectivity index (χ2v) is 3.67. The fourth-order valence-corrected chi connectivity index (χ4v) is 1.57. The number of pyridine rings is 1. The summed E-state index contributed by atoms with van der Waals surface area (Å²) in [5.74, 6) is 0. The Hall–Kier alpha value is -1.15. The van der Waals surface area contributed by atoms with Gasteiger partial charge in [-0.25, -0.2) is 0 Å². The molecule has 2 heteroatoms. The summed E-state index contributed by atoms with van der Waals surface area (Å²) in [5.41, 5.74) is 2.33. The van der Waals surface area contributed by atoms with Crippen molar-refractivity contribution < 1.29 is 0 Å². The minimum Gasteiger partial charge on any atom is -0.263 e. The predicted molar refractivity (Wildman–Crippen MR) is 57.4 cm³/mol. The summed E-state index contributed by atoms with van der Waals surface area (Å²) in [6.45, 7) is 0. The molecule has 0 amide bonds.